The third-order valence-corrected chi connectivity index (χ3v) is 4.74. The predicted molar refractivity (Wildman–Crippen MR) is 113 cm³/mol. The van der Waals surface area contributed by atoms with Crippen molar-refractivity contribution in [1.29, 1.82) is 10.8 Å². The Hall–Kier alpha value is -2.82. The number of aromatic nitrogens is 2. The molecule has 0 spiro atoms. The van der Waals surface area contributed by atoms with Crippen LogP contribution in [0.2, 0.25) is 5.02 Å². The van der Waals surface area contributed by atoms with Gasteiger partial charge in [-0.2, -0.15) is 0 Å². The largest absolute Gasteiger partial charge is 0.308 e. The Bertz CT molecular complexity index is 1170. The molecule has 1 atom stereocenters. The van der Waals surface area contributed by atoms with Crippen LogP contribution in [0.1, 0.15) is 16.8 Å². The Kier molecular flexibility index (Phi) is 5.73. The topological polar surface area (TPSA) is 73.5 Å². The Morgan fingerprint density at radius 2 is 1.89 bits per heavy atom. The number of pyridine rings is 2. The molecule has 4 nitrogen and oxygen atoms in total. The lowest BCUT2D eigenvalue weighted by molar-refractivity contribution is 0.582. The van der Waals surface area contributed by atoms with Gasteiger partial charge in [0.2, 0.25) is 0 Å². The fourth-order valence-electron chi connectivity index (χ4n) is 2.56. The van der Waals surface area contributed by atoms with Gasteiger partial charge in [-0.25, -0.2) is 13.8 Å². The van der Waals surface area contributed by atoms with Gasteiger partial charge in [0.1, 0.15) is 11.6 Å². The van der Waals surface area contributed by atoms with Gasteiger partial charge in [0.25, 0.3) is 0 Å². The molecule has 8 heteroatoms. The van der Waals surface area contributed by atoms with E-state index in [4.69, 9.17) is 22.4 Å². The standard InChI is InChI=1S/C20H14ClF2N4P/c1-10(20(25)13-5-14(21)16(23)6-15(13)22)17-2-3-18-19(27-17)4-11(8-26-18)12(7-24)9-28/h2-9,24-25H,1,28H2/b12-9+,24-7?,25-20?. The maximum Gasteiger partial charge on any atom is 0.144 e. The molecule has 28 heavy (non-hydrogen) atoms. The first-order valence-electron chi connectivity index (χ1n) is 7.98. The highest BCUT2D eigenvalue weighted by Gasteiger charge is 2.17. The van der Waals surface area contributed by atoms with Crippen molar-refractivity contribution in [2.75, 3.05) is 0 Å². The van der Waals surface area contributed by atoms with Crippen molar-refractivity contribution in [2.45, 2.75) is 0 Å². The van der Waals surface area contributed by atoms with Gasteiger partial charge in [-0.05, 0) is 24.3 Å². The lowest BCUT2D eigenvalue weighted by Crippen LogP contribution is -2.07. The molecule has 1 unspecified atom stereocenters. The zero-order chi connectivity index (χ0) is 20.4. The minimum Gasteiger partial charge on any atom is -0.308 e. The molecule has 3 aromatic rings. The summed E-state index contributed by atoms with van der Waals surface area (Å²) in [5.74, 6) is -0.0954. The first kappa shape index (κ1) is 19.9. The molecular weight excluding hydrogens is 401 g/mol. The summed E-state index contributed by atoms with van der Waals surface area (Å²) in [4.78, 5) is 8.78. The molecule has 0 amide bonds. The van der Waals surface area contributed by atoms with Crippen LogP contribution in [0, 0.1) is 22.5 Å². The molecule has 0 saturated carbocycles. The zero-order valence-electron chi connectivity index (χ0n) is 14.4. The van der Waals surface area contributed by atoms with E-state index < -0.39 is 11.6 Å². The summed E-state index contributed by atoms with van der Waals surface area (Å²) in [6.45, 7) is 3.83. The van der Waals surface area contributed by atoms with Crippen LogP contribution in [0.4, 0.5) is 8.78 Å². The van der Waals surface area contributed by atoms with E-state index in [1.807, 2.05) is 0 Å². The third kappa shape index (κ3) is 3.75. The molecule has 1 aromatic carbocycles. The van der Waals surface area contributed by atoms with Crippen LogP contribution in [-0.4, -0.2) is 21.9 Å². The van der Waals surface area contributed by atoms with E-state index >= 15 is 0 Å². The lowest BCUT2D eigenvalue weighted by atomic mass is 10.00. The summed E-state index contributed by atoms with van der Waals surface area (Å²) in [5.41, 5.74) is 2.61. The number of nitrogens with zero attached hydrogens (tertiary/aromatic N) is 2. The molecule has 0 bridgehead atoms. The van der Waals surface area contributed by atoms with Crippen LogP contribution in [0.5, 0.6) is 0 Å². The minimum absolute atomic E-state index is 0.155. The van der Waals surface area contributed by atoms with E-state index in [1.165, 1.54) is 6.21 Å². The molecule has 0 fully saturated rings. The first-order valence-corrected chi connectivity index (χ1v) is 9.02. The van der Waals surface area contributed by atoms with Crippen molar-refractivity contribution < 1.29 is 8.78 Å². The predicted octanol–water partition coefficient (Wildman–Crippen LogP) is 5.51. The summed E-state index contributed by atoms with van der Waals surface area (Å²) >= 11 is 5.72. The molecule has 0 aliphatic rings. The summed E-state index contributed by atoms with van der Waals surface area (Å²) < 4.78 is 27.5. The monoisotopic (exact) mass is 414 g/mol. The van der Waals surface area contributed by atoms with Crippen LogP contribution >= 0.6 is 20.8 Å². The third-order valence-electron chi connectivity index (χ3n) is 4.10. The summed E-state index contributed by atoms with van der Waals surface area (Å²) in [6.07, 6.45) is 2.84. The van der Waals surface area contributed by atoms with E-state index in [9.17, 15) is 8.78 Å². The molecule has 0 saturated heterocycles. The Labute approximate surface area is 167 Å². The van der Waals surface area contributed by atoms with E-state index in [0.717, 1.165) is 6.07 Å². The zero-order valence-corrected chi connectivity index (χ0v) is 16.3. The van der Waals surface area contributed by atoms with Gasteiger partial charge in [0.05, 0.1) is 27.5 Å². The SMILES string of the molecule is C=C(C(=N)c1cc(Cl)c(F)cc1F)c1ccc2ncc(/C(C=N)=C/P)cc2n1. The van der Waals surface area contributed by atoms with Crippen LogP contribution in [0.3, 0.4) is 0 Å². The number of benzene rings is 1. The maximum atomic E-state index is 14.1. The second kappa shape index (κ2) is 8.05. The Morgan fingerprint density at radius 1 is 1.14 bits per heavy atom. The van der Waals surface area contributed by atoms with Gasteiger partial charge in [0.15, 0.2) is 0 Å². The number of rotatable bonds is 5. The molecule has 0 radical (unpaired) electrons. The number of nitrogens with one attached hydrogen (secondary N) is 2. The lowest BCUT2D eigenvalue weighted by Gasteiger charge is -2.11. The van der Waals surface area contributed by atoms with Gasteiger partial charge < -0.3 is 5.41 Å². The highest BCUT2D eigenvalue weighted by molar-refractivity contribution is 7.21. The number of hydrogen-bond acceptors (Lipinski definition) is 4. The highest BCUT2D eigenvalue weighted by Crippen LogP contribution is 2.25. The smallest absolute Gasteiger partial charge is 0.144 e. The number of fused-ring (bicyclic) bond motifs is 1. The minimum atomic E-state index is -0.904. The van der Waals surface area contributed by atoms with E-state index in [1.54, 1.807) is 30.2 Å². The Balaban J connectivity index is 2.03. The quantitative estimate of drug-likeness (QED) is 0.328. The van der Waals surface area contributed by atoms with Crippen molar-refractivity contribution >= 4 is 54.9 Å². The number of allylic oxidation sites excluding steroid dienone is 2. The number of halogens is 3. The fraction of sp³-hybridized carbons (Fsp3) is 0. The van der Waals surface area contributed by atoms with E-state index in [2.05, 4.69) is 25.8 Å². The molecule has 2 N–H and O–H groups in total. The summed E-state index contributed by atoms with van der Waals surface area (Å²) in [7, 11) is 2.43. The van der Waals surface area contributed by atoms with Gasteiger partial charge in [-0.1, -0.05) is 24.0 Å². The molecule has 2 aromatic heterocycles. The second-order valence-corrected chi connectivity index (χ2v) is 6.57. The molecule has 0 aliphatic carbocycles. The summed E-state index contributed by atoms with van der Waals surface area (Å²) in [6, 6.07) is 6.79. The van der Waals surface area contributed by atoms with Crippen LogP contribution in [0.25, 0.3) is 22.2 Å². The van der Waals surface area contributed by atoms with Crippen molar-refractivity contribution in [1.82, 2.24) is 9.97 Å². The number of hydrogen-bond donors (Lipinski definition) is 2. The van der Waals surface area contributed by atoms with Crippen LogP contribution in [-0.2, 0) is 0 Å². The summed E-state index contributed by atoms with van der Waals surface area (Å²) in [5, 5.41) is 15.4. The highest BCUT2D eigenvalue weighted by atomic mass is 35.5. The van der Waals surface area contributed by atoms with Gasteiger partial charge in [-0.3, -0.25) is 10.4 Å². The molecule has 3 rings (SSSR count). The normalized spacial score (nSPS) is 11.5. The van der Waals surface area contributed by atoms with Gasteiger partial charge in [-0.15, -0.1) is 9.24 Å². The maximum absolute atomic E-state index is 14.1. The molecule has 2 heterocycles. The average molecular weight is 415 g/mol. The molecule has 0 aliphatic heterocycles. The second-order valence-electron chi connectivity index (χ2n) is 5.82. The van der Waals surface area contributed by atoms with E-state index in [0.29, 0.717) is 33.9 Å². The first-order chi connectivity index (χ1) is 13.3. The fourth-order valence-corrected chi connectivity index (χ4v) is 3.02. The van der Waals surface area contributed by atoms with Gasteiger partial charge in [0, 0.05) is 40.8 Å². The molecule has 140 valence electrons. The van der Waals surface area contributed by atoms with Gasteiger partial charge >= 0.3 is 0 Å². The average Bonchev–Trinajstić information content (AvgIpc) is 2.70. The van der Waals surface area contributed by atoms with Crippen molar-refractivity contribution in [3.8, 4) is 0 Å². The van der Waals surface area contributed by atoms with Crippen LogP contribution in [0.15, 0.2) is 48.9 Å². The van der Waals surface area contributed by atoms with Crippen LogP contribution < -0.4 is 0 Å². The molecular formula is C20H14ClF2N4P. The van der Waals surface area contributed by atoms with E-state index in [-0.39, 0.29) is 21.9 Å². The Morgan fingerprint density at radius 3 is 2.57 bits per heavy atom. The van der Waals surface area contributed by atoms with Crippen molar-refractivity contribution in [2.24, 2.45) is 0 Å². The van der Waals surface area contributed by atoms with Crippen molar-refractivity contribution in [3.63, 3.8) is 0 Å². The van der Waals surface area contributed by atoms with Crippen molar-refractivity contribution in [3.05, 3.63) is 82.4 Å².